The lowest BCUT2D eigenvalue weighted by Crippen LogP contribution is -2.08. The van der Waals surface area contributed by atoms with Gasteiger partial charge in [-0.05, 0) is 32.0 Å². The molecule has 2 aromatic carbocycles. The third-order valence-corrected chi connectivity index (χ3v) is 3.64. The van der Waals surface area contributed by atoms with E-state index in [4.69, 9.17) is 33.7 Å². The average molecular weight is 310 g/mol. The van der Waals surface area contributed by atoms with Crippen molar-refractivity contribution >= 4 is 23.2 Å². The van der Waals surface area contributed by atoms with Gasteiger partial charge in [0.2, 0.25) is 0 Å². The molecular formula is C16H17Cl2NO. The summed E-state index contributed by atoms with van der Waals surface area (Å²) in [6.45, 7) is 4.36. The van der Waals surface area contributed by atoms with Crippen molar-refractivity contribution in [2.75, 3.05) is 0 Å². The fraction of sp³-hybridized carbons (Fsp3) is 0.250. The summed E-state index contributed by atoms with van der Waals surface area (Å²) in [7, 11) is 0. The van der Waals surface area contributed by atoms with Gasteiger partial charge in [-0.2, -0.15) is 0 Å². The molecule has 0 heterocycles. The Bertz CT molecular complexity index is 611. The highest BCUT2D eigenvalue weighted by Crippen LogP contribution is 2.27. The van der Waals surface area contributed by atoms with E-state index in [1.165, 1.54) is 0 Å². The molecule has 2 nitrogen and oxygen atoms in total. The molecule has 0 aromatic heterocycles. The van der Waals surface area contributed by atoms with Crippen LogP contribution >= 0.6 is 23.2 Å². The molecule has 20 heavy (non-hydrogen) atoms. The van der Waals surface area contributed by atoms with Crippen LogP contribution < -0.4 is 10.5 Å². The Morgan fingerprint density at radius 3 is 2.55 bits per heavy atom. The lowest BCUT2D eigenvalue weighted by atomic mass is 10.1. The van der Waals surface area contributed by atoms with Gasteiger partial charge in [-0.25, -0.2) is 0 Å². The van der Waals surface area contributed by atoms with Crippen molar-refractivity contribution < 1.29 is 4.74 Å². The second-order valence-corrected chi connectivity index (χ2v) is 5.70. The molecule has 2 aromatic rings. The third-order valence-electron chi connectivity index (χ3n) is 3.05. The van der Waals surface area contributed by atoms with Crippen LogP contribution in [0.25, 0.3) is 0 Å². The predicted octanol–water partition coefficient (Wildman–Crippen LogP) is 4.90. The van der Waals surface area contributed by atoms with Gasteiger partial charge in [0.25, 0.3) is 0 Å². The fourth-order valence-electron chi connectivity index (χ4n) is 1.95. The van der Waals surface area contributed by atoms with Crippen LogP contribution in [0.3, 0.4) is 0 Å². The number of hydrogen-bond acceptors (Lipinski definition) is 2. The van der Waals surface area contributed by atoms with Crippen molar-refractivity contribution in [3.8, 4) is 5.75 Å². The van der Waals surface area contributed by atoms with Crippen molar-refractivity contribution in [1.29, 1.82) is 0 Å². The van der Waals surface area contributed by atoms with Crippen LogP contribution in [0.2, 0.25) is 10.0 Å². The normalized spacial score (nSPS) is 12.2. The van der Waals surface area contributed by atoms with Crippen LogP contribution in [0.5, 0.6) is 5.75 Å². The van der Waals surface area contributed by atoms with Gasteiger partial charge in [0.1, 0.15) is 12.4 Å². The monoisotopic (exact) mass is 309 g/mol. The number of ether oxygens (including phenoxy) is 1. The lowest BCUT2D eigenvalue weighted by molar-refractivity contribution is 0.301. The molecule has 1 atom stereocenters. The van der Waals surface area contributed by atoms with Gasteiger partial charge in [-0.3, -0.25) is 0 Å². The zero-order chi connectivity index (χ0) is 14.7. The first-order valence-electron chi connectivity index (χ1n) is 6.40. The maximum atomic E-state index is 6.13. The van der Waals surface area contributed by atoms with Gasteiger partial charge in [0.15, 0.2) is 0 Å². The Hall–Kier alpha value is -1.22. The highest BCUT2D eigenvalue weighted by atomic mass is 35.5. The van der Waals surface area contributed by atoms with E-state index in [0.717, 1.165) is 22.4 Å². The van der Waals surface area contributed by atoms with Crippen LogP contribution in [-0.4, -0.2) is 0 Å². The number of halogens is 2. The van der Waals surface area contributed by atoms with Gasteiger partial charge in [-0.1, -0.05) is 47.0 Å². The number of aryl methyl sites for hydroxylation is 1. The quantitative estimate of drug-likeness (QED) is 0.871. The van der Waals surface area contributed by atoms with Gasteiger partial charge < -0.3 is 10.5 Å². The summed E-state index contributed by atoms with van der Waals surface area (Å²) < 4.78 is 5.85. The molecule has 2 N–H and O–H groups in total. The summed E-state index contributed by atoms with van der Waals surface area (Å²) in [6.07, 6.45) is 0. The minimum atomic E-state index is -0.0782. The molecule has 0 fully saturated rings. The molecule has 2 rings (SSSR count). The molecule has 0 radical (unpaired) electrons. The molecule has 0 saturated heterocycles. The van der Waals surface area contributed by atoms with Crippen molar-refractivity contribution in [1.82, 2.24) is 0 Å². The van der Waals surface area contributed by atoms with Crippen LogP contribution in [0, 0.1) is 6.92 Å². The Kier molecular flexibility index (Phi) is 4.92. The molecule has 0 aliphatic heterocycles. The van der Waals surface area contributed by atoms with Crippen molar-refractivity contribution in [3.63, 3.8) is 0 Å². The molecule has 0 aliphatic carbocycles. The second kappa shape index (κ2) is 6.49. The van der Waals surface area contributed by atoms with E-state index >= 15 is 0 Å². The topological polar surface area (TPSA) is 35.2 Å². The van der Waals surface area contributed by atoms with Crippen LogP contribution in [0.15, 0.2) is 36.4 Å². The highest BCUT2D eigenvalue weighted by Gasteiger charge is 2.09. The number of hydrogen-bond donors (Lipinski definition) is 1. The summed E-state index contributed by atoms with van der Waals surface area (Å²) >= 11 is 12.0. The molecule has 0 spiro atoms. The van der Waals surface area contributed by atoms with Crippen LogP contribution in [0.1, 0.15) is 29.7 Å². The first-order chi connectivity index (χ1) is 9.47. The number of benzene rings is 2. The standard InChI is InChI=1S/C16H17Cl2NO/c1-10-3-6-16(14(7-10)11(2)19)20-9-12-4-5-13(17)8-15(12)18/h3-8,11H,9,19H2,1-2H3/t11-/m0/s1. The fourth-order valence-corrected chi connectivity index (χ4v) is 2.41. The zero-order valence-corrected chi connectivity index (χ0v) is 13.0. The maximum Gasteiger partial charge on any atom is 0.124 e. The SMILES string of the molecule is Cc1ccc(OCc2ccc(Cl)cc2Cl)c([C@H](C)N)c1. The maximum absolute atomic E-state index is 6.13. The summed E-state index contributed by atoms with van der Waals surface area (Å²) in [5, 5.41) is 1.22. The van der Waals surface area contributed by atoms with Gasteiger partial charge in [0.05, 0.1) is 0 Å². The van der Waals surface area contributed by atoms with E-state index in [1.807, 2.05) is 38.1 Å². The Labute approximate surface area is 129 Å². The second-order valence-electron chi connectivity index (χ2n) is 4.85. The lowest BCUT2D eigenvalue weighted by Gasteiger charge is -2.15. The molecule has 4 heteroatoms. The smallest absolute Gasteiger partial charge is 0.124 e. The third kappa shape index (κ3) is 3.66. The Morgan fingerprint density at radius 2 is 1.90 bits per heavy atom. The summed E-state index contributed by atoms with van der Waals surface area (Å²) in [4.78, 5) is 0. The van der Waals surface area contributed by atoms with Crippen LogP contribution in [0.4, 0.5) is 0 Å². The largest absolute Gasteiger partial charge is 0.489 e. The van der Waals surface area contributed by atoms with E-state index in [9.17, 15) is 0 Å². The zero-order valence-electron chi connectivity index (χ0n) is 11.5. The van der Waals surface area contributed by atoms with E-state index in [2.05, 4.69) is 0 Å². The van der Waals surface area contributed by atoms with Crippen LogP contribution in [-0.2, 0) is 6.61 Å². The van der Waals surface area contributed by atoms with Crippen molar-refractivity contribution in [2.45, 2.75) is 26.5 Å². The minimum Gasteiger partial charge on any atom is -0.489 e. The highest BCUT2D eigenvalue weighted by molar-refractivity contribution is 6.35. The minimum absolute atomic E-state index is 0.0782. The van der Waals surface area contributed by atoms with Gasteiger partial charge in [-0.15, -0.1) is 0 Å². The van der Waals surface area contributed by atoms with Crippen molar-refractivity contribution in [2.24, 2.45) is 5.73 Å². The summed E-state index contributed by atoms with van der Waals surface area (Å²) in [5.41, 5.74) is 9.03. The van der Waals surface area contributed by atoms with E-state index in [1.54, 1.807) is 12.1 Å². The molecule has 0 unspecified atom stereocenters. The molecule has 0 saturated carbocycles. The first kappa shape index (κ1) is 15.2. The molecule has 0 aliphatic rings. The van der Waals surface area contributed by atoms with Crippen molar-refractivity contribution in [3.05, 3.63) is 63.1 Å². The summed E-state index contributed by atoms with van der Waals surface area (Å²) in [6, 6.07) is 11.3. The van der Waals surface area contributed by atoms with E-state index < -0.39 is 0 Å². The molecule has 0 amide bonds. The summed E-state index contributed by atoms with van der Waals surface area (Å²) in [5.74, 6) is 0.789. The number of nitrogens with two attached hydrogens (primary N) is 1. The van der Waals surface area contributed by atoms with E-state index in [-0.39, 0.29) is 6.04 Å². The Balaban J connectivity index is 2.18. The number of rotatable bonds is 4. The Morgan fingerprint density at radius 1 is 1.15 bits per heavy atom. The predicted molar refractivity (Wildman–Crippen MR) is 84.6 cm³/mol. The van der Waals surface area contributed by atoms with Gasteiger partial charge in [0, 0.05) is 27.2 Å². The van der Waals surface area contributed by atoms with Gasteiger partial charge >= 0.3 is 0 Å². The molecule has 106 valence electrons. The molecular weight excluding hydrogens is 293 g/mol. The van der Waals surface area contributed by atoms with E-state index in [0.29, 0.717) is 16.7 Å². The molecule has 0 bridgehead atoms. The first-order valence-corrected chi connectivity index (χ1v) is 7.16. The average Bonchev–Trinajstić information content (AvgIpc) is 2.38.